The molecule has 2 aliphatic rings. The monoisotopic (exact) mass is 588 g/mol. The molecule has 4 aromatic rings. The molecule has 1 saturated heterocycles. The molecule has 0 aliphatic carbocycles. The van der Waals surface area contributed by atoms with Crippen molar-refractivity contribution in [2.45, 2.75) is 25.0 Å². The Morgan fingerprint density at radius 2 is 1.68 bits per heavy atom. The molecule has 0 N–H and O–H groups in total. The molecule has 1 aromatic heterocycles. The van der Waals surface area contributed by atoms with E-state index in [1.807, 2.05) is 53.4 Å². The lowest BCUT2D eigenvalue weighted by Crippen LogP contribution is -2.46. The molecule has 0 spiro atoms. The fourth-order valence-electron chi connectivity index (χ4n) is 5.51. The lowest BCUT2D eigenvalue weighted by atomic mass is 9.99. The predicted octanol–water partition coefficient (Wildman–Crippen LogP) is 6.76. The zero-order valence-electron chi connectivity index (χ0n) is 22.7. The van der Waals surface area contributed by atoms with E-state index in [1.165, 1.54) is 23.9 Å². The van der Waals surface area contributed by atoms with E-state index < -0.39 is 0 Å². The van der Waals surface area contributed by atoms with Crippen molar-refractivity contribution in [3.63, 3.8) is 0 Å². The summed E-state index contributed by atoms with van der Waals surface area (Å²) in [4.78, 5) is 31.0. The summed E-state index contributed by atoms with van der Waals surface area (Å²) >= 11 is 8.16. The lowest BCUT2D eigenvalue weighted by molar-refractivity contribution is -0.132. The molecule has 0 bridgehead atoms. The van der Waals surface area contributed by atoms with E-state index in [9.17, 15) is 14.0 Å². The second-order valence-electron chi connectivity index (χ2n) is 10.6. The highest BCUT2D eigenvalue weighted by Gasteiger charge is 2.38. The van der Waals surface area contributed by atoms with Crippen LogP contribution in [0.4, 0.5) is 10.2 Å². The van der Waals surface area contributed by atoms with Crippen LogP contribution >= 0.6 is 23.4 Å². The van der Waals surface area contributed by atoms with Gasteiger partial charge in [-0.2, -0.15) is 5.10 Å². The van der Waals surface area contributed by atoms with Gasteiger partial charge in [0, 0.05) is 24.2 Å². The number of hydrogen-bond acceptors (Lipinski definition) is 4. The summed E-state index contributed by atoms with van der Waals surface area (Å²) in [5.74, 6) is 0.634. The Labute approximate surface area is 248 Å². The molecule has 6 rings (SSSR count). The molecule has 6 nitrogen and oxygen atoms in total. The Morgan fingerprint density at radius 3 is 2.39 bits per heavy atom. The zero-order chi connectivity index (χ0) is 28.5. The lowest BCUT2D eigenvalue weighted by Gasteiger charge is -2.32. The number of thioether (sulfide) groups is 1. The van der Waals surface area contributed by atoms with E-state index in [0.29, 0.717) is 41.2 Å². The van der Waals surface area contributed by atoms with Crippen LogP contribution in [0.15, 0.2) is 78.9 Å². The number of halogens is 2. The SMILES string of the molecule is CC1CCN(C(=O)CN2C(=O)CSC(c3ccc(F)cc3)c3c(-c4ccccc4)nn(-c4ccccc4Cl)c32)CC1. The quantitative estimate of drug-likeness (QED) is 0.258. The molecule has 1 fully saturated rings. The number of carbonyl (C=O) groups excluding carboxylic acids is 2. The smallest absolute Gasteiger partial charge is 0.242 e. The maximum atomic E-state index is 14.0. The first-order chi connectivity index (χ1) is 19.9. The number of para-hydroxylation sites is 1. The van der Waals surface area contributed by atoms with Gasteiger partial charge >= 0.3 is 0 Å². The summed E-state index contributed by atoms with van der Waals surface area (Å²) in [6, 6.07) is 23.5. The Hall–Kier alpha value is -3.62. The molecule has 0 saturated carbocycles. The second kappa shape index (κ2) is 11.7. The third-order valence-corrected chi connectivity index (χ3v) is 9.39. The molecule has 210 valence electrons. The highest BCUT2D eigenvalue weighted by molar-refractivity contribution is 8.00. The van der Waals surface area contributed by atoms with Gasteiger partial charge in [0.15, 0.2) is 0 Å². The highest BCUT2D eigenvalue weighted by Crippen LogP contribution is 2.49. The molecule has 0 radical (unpaired) electrons. The number of nitrogens with zero attached hydrogens (tertiary/aromatic N) is 4. The molecule has 41 heavy (non-hydrogen) atoms. The number of hydrogen-bond donors (Lipinski definition) is 0. The summed E-state index contributed by atoms with van der Waals surface area (Å²) < 4.78 is 15.7. The largest absolute Gasteiger partial charge is 0.341 e. The molecular weight excluding hydrogens is 559 g/mol. The van der Waals surface area contributed by atoms with Gasteiger partial charge in [0.2, 0.25) is 11.8 Å². The Kier molecular flexibility index (Phi) is 7.86. The fraction of sp³-hybridized carbons (Fsp3) is 0.281. The molecule has 2 aliphatic heterocycles. The Balaban J connectivity index is 1.57. The first kappa shape index (κ1) is 27.5. The molecular formula is C32H30ClFN4O2S. The van der Waals surface area contributed by atoms with E-state index in [2.05, 4.69) is 6.92 Å². The van der Waals surface area contributed by atoms with Crippen LogP contribution in [0.1, 0.15) is 36.1 Å². The van der Waals surface area contributed by atoms with Crippen molar-refractivity contribution in [3.8, 4) is 16.9 Å². The minimum absolute atomic E-state index is 0.0883. The molecule has 2 amide bonds. The van der Waals surface area contributed by atoms with Crippen LogP contribution in [-0.4, -0.2) is 51.9 Å². The number of aromatic nitrogens is 2. The molecule has 3 aromatic carbocycles. The number of carbonyl (C=O) groups is 2. The van der Waals surface area contributed by atoms with Gasteiger partial charge in [0.1, 0.15) is 18.2 Å². The van der Waals surface area contributed by atoms with Gasteiger partial charge in [-0.15, -0.1) is 11.8 Å². The van der Waals surface area contributed by atoms with E-state index in [-0.39, 0.29) is 35.2 Å². The summed E-state index contributed by atoms with van der Waals surface area (Å²) in [7, 11) is 0. The predicted molar refractivity (Wildman–Crippen MR) is 162 cm³/mol. The summed E-state index contributed by atoms with van der Waals surface area (Å²) in [5.41, 5.74) is 3.79. The van der Waals surface area contributed by atoms with Gasteiger partial charge in [0.25, 0.3) is 0 Å². The van der Waals surface area contributed by atoms with Crippen LogP contribution in [-0.2, 0) is 9.59 Å². The second-order valence-corrected chi connectivity index (χ2v) is 12.1. The van der Waals surface area contributed by atoms with Crippen LogP contribution in [0.25, 0.3) is 16.9 Å². The van der Waals surface area contributed by atoms with E-state index in [4.69, 9.17) is 16.7 Å². The van der Waals surface area contributed by atoms with Crippen molar-refractivity contribution in [1.29, 1.82) is 0 Å². The van der Waals surface area contributed by atoms with Crippen molar-refractivity contribution in [1.82, 2.24) is 14.7 Å². The summed E-state index contributed by atoms with van der Waals surface area (Å²) in [6.07, 6.45) is 1.90. The summed E-state index contributed by atoms with van der Waals surface area (Å²) in [6.45, 7) is 3.47. The van der Waals surface area contributed by atoms with Crippen molar-refractivity contribution >= 4 is 41.0 Å². The van der Waals surface area contributed by atoms with Crippen LogP contribution in [0.5, 0.6) is 0 Å². The normalized spacial score (nSPS) is 17.8. The van der Waals surface area contributed by atoms with Gasteiger partial charge < -0.3 is 4.90 Å². The fourth-order valence-corrected chi connectivity index (χ4v) is 6.93. The average molecular weight is 589 g/mol. The van der Waals surface area contributed by atoms with Gasteiger partial charge in [-0.05, 0) is 48.6 Å². The molecule has 9 heteroatoms. The van der Waals surface area contributed by atoms with Crippen LogP contribution in [0, 0.1) is 11.7 Å². The van der Waals surface area contributed by atoms with E-state index in [1.54, 1.807) is 27.8 Å². The third-order valence-electron chi connectivity index (χ3n) is 7.82. The van der Waals surface area contributed by atoms with Crippen molar-refractivity contribution in [2.75, 3.05) is 30.3 Å². The van der Waals surface area contributed by atoms with E-state index in [0.717, 1.165) is 29.5 Å². The summed E-state index contributed by atoms with van der Waals surface area (Å²) in [5, 5.41) is 5.20. The van der Waals surface area contributed by atoms with Gasteiger partial charge in [-0.1, -0.05) is 73.1 Å². The maximum Gasteiger partial charge on any atom is 0.242 e. The minimum atomic E-state index is -0.336. The zero-order valence-corrected chi connectivity index (χ0v) is 24.2. The van der Waals surface area contributed by atoms with Crippen LogP contribution in [0.2, 0.25) is 5.02 Å². The van der Waals surface area contributed by atoms with E-state index >= 15 is 0 Å². The first-order valence-corrected chi connectivity index (χ1v) is 15.2. The standard InChI is InChI=1S/C32H30ClFN4O2S/c1-21-15-17-36(18-16-21)27(39)19-37-28(40)20-41-31(23-11-13-24(34)14-12-23)29-30(22-7-3-2-4-8-22)35-38(32(29)37)26-10-6-5-9-25(26)33/h2-14,21,31H,15-20H2,1H3. The van der Waals surface area contributed by atoms with Crippen LogP contribution in [0.3, 0.4) is 0 Å². The number of likely N-dealkylation sites (tertiary alicyclic amines) is 1. The van der Waals surface area contributed by atoms with Crippen LogP contribution < -0.4 is 4.90 Å². The Morgan fingerprint density at radius 1 is 1.00 bits per heavy atom. The van der Waals surface area contributed by atoms with Crippen molar-refractivity contribution < 1.29 is 14.0 Å². The number of piperidine rings is 1. The van der Waals surface area contributed by atoms with Crippen molar-refractivity contribution in [2.24, 2.45) is 5.92 Å². The van der Waals surface area contributed by atoms with Gasteiger partial charge in [-0.25, -0.2) is 9.07 Å². The number of amides is 2. The highest BCUT2D eigenvalue weighted by atomic mass is 35.5. The minimum Gasteiger partial charge on any atom is -0.341 e. The molecule has 3 heterocycles. The number of fused-ring (bicyclic) bond motifs is 1. The van der Waals surface area contributed by atoms with Crippen molar-refractivity contribution in [3.05, 3.63) is 101 Å². The molecule has 1 atom stereocenters. The van der Waals surface area contributed by atoms with Gasteiger partial charge in [0.05, 0.1) is 27.4 Å². The average Bonchev–Trinajstić information content (AvgIpc) is 3.31. The number of anilines is 1. The number of benzene rings is 3. The Bertz CT molecular complexity index is 1570. The third kappa shape index (κ3) is 5.51. The number of rotatable bonds is 5. The van der Waals surface area contributed by atoms with Gasteiger partial charge in [-0.3, -0.25) is 14.5 Å². The first-order valence-electron chi connectivity index (χ1n) is 13.8. The molecule has 1 unspecified atom stereocenters. The maximum absolute atomic E-state index is 14.0. The topological polar surface area (TPSA) is 58.4 Å².